The van der Waals surface area contributed by atoms with Crippen molar-refractivity contribution in [3.63, 3.8) is 0 Å². The molecule has 2 aromatic carbocycles. The summed E-state index contributed by atoms with van der Waals surface area (Å²) < 4.78 is 19.0. The first-order valence-electron chi connectivity index (χ1n) is 6.03. The molecule has 7 heteroatoms. The molecule has 2 aromatic rings. The highest BCUT2D eigenvalue weighted by atomic mass is 79.9. The molecule has 21 heavy (non-hydrogen) atoms. The Bertz CT molecular complexity index is 707. The Balaban J connectivity index is 2.41. The maximum absolute atomic E-state index is 13.6. The molecule has 0 heterocycles. The molecule has 2 rings (SSSR count). The van der Waals surface area contributed by atoms with Gasteiger partial charge in [-0.1, -0.05) is 6.07 Å². The molecule has 0 aliphatic rings. The molecular weight excluding hydrogens is 343 g/mol. The van der Waals surface area contributed by atoms with E-state index in [-0.39, 0.29) is 15.9 Å². The maximum Gasteiger partial charge on any atom is 0.312 e. The van der Waals surface area contributed by atoms with Crippen LogP contribution in [0, 0.1) is 22.9 Å². The minimum atomic E-state index is -0.633. The summed E-state index contributed by atoms with van der Waals surface area (Å²) in [7, 11) is 0. The molecule has 0 saturated carbocycles. The number of nitro groups is 1. The van der Waals surface area contributed by atoms with E-state index in [9.17, 15) is 14.5 Å². The SMILES string of the molecule is Cc1cc(Oc2cc(F)c(Br)cc2[N+](=O)[O-])ccc1CN. The van der Waals surface area contributed by atoms with Gasteiger partial charge in [0, 0.05) is 18.7 Å². The van der Waals surface area contributed by atoms with Crippen molar-refractivity contribution in [1.82, 2.24) is 0 Å². The lowest BCUT2D eigenvalue weighted by Gasteiger charge is -2.10. The van der Waals surface area contributed by atoms with Crippen molar-refractivity contribution in [2.24, 2.45) is 5.73 Å². The van der Waals surface area contributed by atoms with Gasteiger partial charge in [0.05, 0.1) is 9.40 Å². The van der Waals surface area contributed by atoms with Crippen molar-refractivity contribution in [3.05, 3.63) is 61.9 Å². The van der Waals surface area contributed by atoms with Gasteiger partial charge >= 0.3 is 5.69 Å². The zero-order valence-electron chi connectivity index (χ0n) is 11.1. The van der Waals surface area contributed by atoms with Crippen LogP contribution in [0.3, 0.4) is 0 Å². The number of nitrogens with two attached hydrogens (primary N) is 1. The number of ether oxygens (including phenoxy) is 1. The molecule has 0 aliphatic heterocycles. The topological polar surface area (TPSA) is 78.4 Å². The van der Waals surface area contributed by atoms with E-state index < -0.39 is 10.7 Å². The van der Waals surface area contributed by atoms with Gasteiger partial charge in [-0.15, -0.1) is 0 Å². The van der Waals surface area contributed by atoms with E-state index in [4.69, 9.17) is 10.5 Å². The van der Waals surface area contributed by atoms with E-state index in [1.807, 2.05) is 6.92 Å². The lowest BCUT2D eigenvalue weighted by molar-refractivity contribution is -0.385. The average Bonchev–Trinajstić information content (AvgIpc) is 2.42. The molecule has 0 spiro atoms. The van der Waals surface area contributed by atoms with Crippen molar-refractivity contribution in [1.29, 1.82) is 0 Å². The van der Waals surface area contributed by atoms with Gasteiger partial charge in [0.1, 0.15) is 11.6 Å². The predicted octanol–water partition coefficient (Wildman–Crippen LogP) is 4.06. The van der Waals surface area contributed by atoms with Crippen LogP contribution in [0.5, 0.6) is 11.5 Å². The van der Waals surface area contributed by atoms with E-state index in [0.29, 0.717) is 12.3 Å². The Labute approximate surface area is 128 Å². The monoisotopic (exact) mass is 354 g/mol. The second-order valence-electron chi connectivity index (χ2n) is 4.39. The summed E-state index contributed by atoms with van der Waals surface area (Å²) in [5.74, 6) is -0.402. The van der Waals surface area contributed by atoms with Crippen molar-refractivity contribution < 1.29 is 14.1 Å². The lowest BCUT2D eigenvalue weighted by Crippen LogP contribution is -1.99. The Kier molecular flexibility index (Phi) is 4.54. The number of nitro benzene ring substituents is 1. The average molecular weight is 355 g/mol. The highest BCUT2D eigenvalue weighted by molar-refractivity contribution is 9.10. The molecule has 110 valence electrons. The van der Waals surface area contributed by atoms with Gasteiger partial charge in [-0.25, -0.2) is 4.39 Å². The van der Waals surface area contributed by atoms with E-state index >= 15 is 0 Å². The summed E-state index contributed by atoms with van der Waals surface area (Å²) >= 11 is 2.92. The van der Waals surface area contributed by atoms with Gasteiger partial charge < -0.3 is 10.5 Å². The summed E-state index contributed by atoms with van der Waals surface area (Å²) in [4.78, 5) is 10.4. The van der Waals surface area contributed by atoms with Crippen LogP contribution in [0.1, 0.15) is 11.1 Å². The van der Waals surface area contributed by atoms with E-state index in [1.54, 1.807) is 18.2 Å². The number of aryl methyl sites for hydroxylation is 1. The van der Waals surface area contributed by atoms with Crippen molar-refractivity contribution in [2.75, 3.05) is 0 Å². The Morgan fingerprint density at radius 3 is 2.67 bits per heavy atom. The van der Waals surface area contributed by atoms with Gasteiger partial charge in [0.2, 0.25) is 5.75 Å². The van der Waals surface area contributed by atoms with Gasteiger partial charge in [-0.3, -0.25) is 10.1 Å². The largest absolute Gasteiger partial charge is 0.450 e. The van der Waals surface area contributed by atoms with Crippen molar-refractivity contribution in [2.45, 2.75) is 13.5 Å². The van der Waals surface area contributed by atoms with Crippen LogP contribution >= 0.6 is 15.9 Å². The van der Waals surface area contributed by atoms with E-state index in [1.165, 1.54) is 0 Å². The number of hydrogen-bond acceptors (Lipinski definition) is 4. The minimum Gasteiger partial charge on any atom is -0.450 e. The molecule has 0 aliphatic carbocycles. The van der Waals surface area contributed by atoms with Gasteiger partial charge in [-0.2, -0.15) is 0 Å². The van der Waals surface area contributed by atoms with E-state index in [0.717, 1.165) is 23.3 Å². The maximum atomic E-state index is 13.6. The molecule has 0 aromatic heterocycles. The number of benzene rings is 2. The number of halogens is 2. The summed E-state index contributed by atoms with van der Waals surface area (Å²) in [5, 5.41) is 11.0. The van der Waals surface area contributed by atoms with Crippen molar-refractivity contribution in [3.8, 4) is 11.5 Å². The third-order valence-corrected chi connectivity index (χ3v) is 3.57. The molecule has 5 nitrogen and oxygen atoms in total. The molecule has 0 bridgehead atoms. The van der Waals surface area contributed by atoms with Crippen LogP contribution in [0.2, 0.25) is 0 Å². The highest BCUT2D eigenvalue weighted by Gasteiger charge is 2.19. The van der Waals surface area contributed by atoms with Crippen LogP contribution in [0.4, 0.5) is 10.1 Å². The van der Waals surface area contributed by atoms with Crippen LogP contribution in [-0.4, -0.2) is 4.92 Å². The van der Waals surface area contributed by atoms with Gasteiger partial charge in [0.25, 0.3) is 0 Å². The normalized spacial score (nSPS) is 10.5. The van der Waals surface area contributed by atoms with Crippen molar-refractivity contribution >= 4 is 21.6 Å². The third kappa shape index (κ3) is 3.37. The molecule has 0 atom stereocenters. The third-order valence-electron chi connectivity index (χ3n) is 2.96. The molecule has 0 unspecified atom stereocenters. The van der Waals surface area contributed by atoms with Crippen LogP contribution in [-0.2, 0) is 6.54 Å². The van der Waals surface area contributed by atoms with E-state index in [2.05, 4.69) is 15.9 Å². The highest BCUT2D eigenvalue weighted by Crippen LogP contribution is 2.35. The summed E-state index contributed by atoms with van der Waals surface area (Å²) in [6.45, 7) is 2.24. The van der Waals surface area contributed by atoms with Crippen LogP contribution in [0.25, 0.3) is 0 Å². The molecule has 0 saturated heterocycles. The second-order valence-corrected chi connectivity index (χ2v) is 5.24. The fourth-order valence-electron chi connectivity index (χ4n) is 1.83. The molecule has 0 amide bonds. The minimum absolute atomic E-state index is 0.0104. The second kappa shape index (κ2) is 6.19. The first kappa shape index (κ1) is 15.4. The van der Waals surface area contributed by atoms with Gasteiger partial charge in [0.15, 0.2) is 0 Å². The number of rotatable bonds is 4. The number of hydrogen-bond donors (Lipinski definition) is 1. The lowest BCUT2D eigenvalue weighted by atomic mass is 10.1. The molecule has 0 fully saturated rings. The summed E-state index contributed by atoms with van der Waals surface area (Å²) in [5.41, 5.74) is 7.09. The first-order chi connectivity index (χ1) is 9.92. The first-order valence-corrected chi connectivity index (χ1v) is 6.82. The Morgan fingerprint density at radius 2 is 2.10 bits per heavy atom. The summed E-state index contributed by atoms with van der Waals surface area (Å²) in [6.07, 6.45) is 0. The fraction of sp³-hybridized carbons (Fsp3) is 0.143. The molecule has 2 N–H and O–H groups in total. The quantitative estimate of drug-likeness (QED) is 0.663. The number of nitrogens with zero attached hydrogens (tertiary/aromatic N) is 1. The molecule has 0 radical (unpaired) electrons. The Morgan fingerprint density at radius 1 is 1.38 bits per heavy atom. The zero-order chi connectivity index (χ0) is 15.6. The summed E-state index contributed by atoms with van der Waals surface area (Å²) in [6, 6.07) is 7.16. The van der Waals surface area contributed by atoms with Crippen LogP contribution < -0.4 is 10.5 Å². The molecular formula is C14H12BrFN2O3. The standard InChI is InChI=1S/C14H12BrFN2O3/c1-8-4-10(3-2-9(8)7-17)21-14-6-12(16)11(15)5-13(14)18(19)20/h2-6H,7,17H2,1H3. The zero-order valence-corrected chi connectivity index (χ0v) is 12.7. The van der Waals surface area contributed by atoms with Gasteiger partial charge in [-0.05, 0) is 46.1 Å². The fourth-order valence-corrected chi connectivity index (χ4v) is 2.16. The predicted molar refractivity (Wildman–Crippen MR) is 79.9 cm³/mol. The van der Waals surface area contributed by atoms with Crippen LogP contribution in [0.15, 0.2) is 34.8 Å². The Hall–Kier alpha value is -1.99. The smallest absolute Gasteiger partial charge is 0.312 e.